The van der Waals surface area contributed by atoms with Crippen molar-refractivity contribution in [3.05, 3.63) is 29.8 Å². The Balaban J connectivity index is 2.05. The predicted octanol–water partition coefficient (Wildman–Crippen LogP) is 1.48. The van der Waals surface area contributed by atoms with Crippen LogP contribution in [0.5, 0.6) is 0 Å². The molecule has 0 aromatic heterocycles. The van der Waals surface area contributed by atoms with E-state index in [-0.39, 0.29) is 6.09 Å². The smallest absolute Gasteiger partial charge is 0.407 e. The van der Waals surface area contributed by atoms with E-state index in [1.165, 1.54) is 5.56 Å². The normalized spacial score (nSPS) is 11.2. The van der Waals surface area contributed by atoms with Gasteiger partial charge in [0.25, 0.3) is 0 Å². The van der Waals surface area contributed by atoms with Gasteiger partial charge in [-0.1, -0.05) is 29.7 Å². The van der Waals surface area contributed by atoms with E-state index in [0.29, 0.717) is 6.54 Å². The maximum atomic E-state index is 11.4. The van der Waals surface area contributed by atoms with Crippen LogP contribution in [-0.4, -0.2) is 32.6 Å². The van der Waals surface area contributed by atoms with Crippen molar-refractivity contribution < 1.29 is 9.53 Å². The molecule has 0 spiro atoms. The van der Waals surface area contributed by atoms with E-state index in [2.05, 4.69) is 10.6 Å². The fraction of sp³-hybridized carbons (Fsp3) is 0.533. The van der Waals surface area contributed by atoms with Crippen LogP contribution in [-0.2, 0) is 11.3 Å². The van der Waals surface area contributed by atoms with Gasteiger partial charge in [-0.25, -0.2) is 4.79 Å². The molecule has 1 aromatic carbocycles. The van der Waals surface area contributed by atoms with Crippen LogP contribution in [0.3, 0.4) is 0 Å². The van der Waals surface area contributed by atoms with E-state index >= 15 is 0 Å². The Hall–Kier alpha value is -1.49. The molecule has 2 N–H and O–H groups in total. The van der Waals surface area contributed by atoms with Gasteiger partial charge in [0.05, 0.1) is 0 Å². The molecule has 2 radical (unpaired) electrons. The molecule has 1 rings (SSSR count). The third-order valence-corrected chi connectivity index (χ3v) is 2.51. The number of carbonyl (C=O) groups is 1. The standard InChI is InChI=1S/C15H23BN2O2/c1-15(2,3)20-14(19)18-10-4-9-17-11-12-5-7-13(16)8-6-12/h5-8,17H,4,9-11H2,1-3H3,(H,18,19). The van der Waals surface area contributed by atoms with Crippen molar-refractivity contribution in [2.75, 3.05) is 13.1 Å². The minimum atomic E-state index is -0.447. The summed E-state index contributed by atoms with van der Waals surface area (Å²) < 4.78 is 5.14. The first-order valence-electron chi connectivity index (χ1n) is 6.89. The van der Waals surface area contributed by atoms with Gasteiger partial charge in [-0.3, -0.25) is 0 Å². The molecule has 0 fully saturated rings. The molecule has 4 nitrogen and oxygen atoms in total. The average Bonchev–Trinajstić information content (AvgIpc) is 2.33. The van der Waals surface area contributed by atoms with Crippen LogP contribution in [0.4, 0.5) is 4.79 Å². The van der Waals surface area contributed by atoms with Crippen molar-refractivity contribution in [1.82, 2.24) is 10.6 Å². The third-order valence-electron chi connectivity index (χ3n) is 2.51. The molecule has 0 aliphatic carbocycles. The Morgan fingerprint density at radius 3 is 2.45 bits per heavy atom. The van der Waals surface area contributed by atoms with Gasteiger partial charge in [-0.05, 0) is 39.3 Å². The van der Waals surface area contributed by atoms with Crippen LogP contribution in [0.1, 0.15) is 32.8 Å². The topological polar surface area (TPSA) is 50.4 Å². The number of ether oxygens (including phenoxy) is 1. The average molecular weight is 274 g/mol. The molecular weight excluding hydrogens is 251 g/mol. The highest BCUT2D eigenvalue weighted by Gasteiger charge is 2.15. The predicted molar refractivity (Wildman–Crippen MR) is 82.4 cm³/mol. The number of amides is 1. The number of rotatable bonds is 6. The summed E-state index contributed by atoms with van der Waals surface area (Å²) in [5, 5.41) is 6.04. The monoisotopic (exact) mass is 274 g/mol. The van der Waals surface area contributed by atoms with E-state index in [9.17, 15) is 4.79 Å². The van der Waals surface area contributed by atoms with Crippen molar-refractivity contribution in [1.29, 1.82) is 0 Å². The van der Waals surface area contributed by atoms with Gasteiger partial charge in [0.2, 0.25) is 0 Å². The highest BCUT2D eigenvalue weighted by Crippen LogP contribution is 2.06. The van der Waals surface area contributed by atoms with Crippen molar-refractivity contribution >= 4 is 19.4 Å². The lowest BCUT2D eigenvalue weighted by molar-refractivity contribution is 0.0527. The molecular formula is C15H23BN2O2. The summed E-state index contributed by atoms with van der Waals surface area (Å²) in [4.78, 5) is 11.4. The first-order chi connectivity index (χ1) is 9.37. The number of alkyl carbamates (subject to hydrolysis) is 1. The van der Waals surface area contributed by atoms with Gasteiger partial charge in [-0.2, -0.15) is 0 Å². The number of hydrogen-bond donors (Lipinski definition) is 2. The highest BCUT2D eigenvalue weighted by molar-refractivity contribution is 6.32. The molecule has 0 aliphatic heterocycles. The molecule has 20 heavy (non-hydrogen) atoms. The van der Waals surface area contributed by atoms with E-state index in [1.54, 1.807) is 0 Å². The number of carbonyl (C=O) groups excluding carboxylic acids is 1. The maximum absolute atomic E-state index is 11.4. The van der Waals surface area contributed by atoms with Gasteiger partial charge >= 0.3 is 6.09 Å². The summed E-state index contributed by atoms with van der Waals surface area (Å²) in [5.74, 6) is 0. The lowest BCUT2D eigenvalue weighted by Crippen LogP contribution is -2.33. The first kappa shape index (κ1) is 16.6. The Kier molecular flexibility index (Phi) is 6.59. The molecule has 0 bridgehead atoms. The maximum Gasteiger partial charge on any atom is 0.407 e. The van der Waals surface area contributed by atoms with E-state index < -0.39 is 5.60 Å². The Bertz CT molecular complexity index is 413. The quantitative estimate of drug-likeness (QED) is 0.610. The summed E-state index contributed by atoms with van der Waals surface area (Å²) in [6.45, 7) is 7.78. The van der Waals surface area contributed by atoms with Crippen LogP contribution in [0, 0.1) is 0 Å². The lowest BCUT2D eigenvalue weighted by atomic mass is 9.95. The minimum Gasteiger partial charge on any atom is -0.444 e. The molecule has 0 aliphatic rings. The summed E-state index contributed by atoms with van der Waals surface area (Å²) in [6.07, 6.45) is 0.491. The van der Waals surface area contributed by atoms with Crippen molar-refractivity contribution in [2.24, 2.45) is 0 Å². The second-order valence-corrected chi connectivity index (χ2v) is 5.70. The molecule has 0 atom stereocenters. The highest BCUT2D eigenvalue weighted by atomic mass is 16.6. The Labute approximate surface area is 122 Å². The SMILES string of the molecule is [B]c1ccc(CNCCCNC(=O)OC(C)(C)C)cc1. The summed E-state index contributed by atoms with van der Waals surface area (Å²) in [5.41, 5.74) is 1.52. The van der Waals surface area contributed by atoms with E-state index in [4.69, 9.17) is 12.6 Å². The Morgan fingerprint density at radius 1 is 1.20 bits per heavy atom. The summed E-state index contributed by atoms with van der Waals surface area (Å²) >= 11 is 0. The van der Waals surface area contributed by atoms with Crippen LogP contribution >= 0.6 is 0 Å². The Morgan fingerprint density at radius 2 is 1.85 bits per heavy atom. The molecule has 0 saturated heterocycles. The second kappa shape index (κ2) is 7.95. The van der Waals surface area contributed by atoms with Gasteiger partial charge in [-0.15, -0.1) is 0 Å². The molecule has 0 heterocycles. The second-order valence-electron chi connectivity index (χ2n) is 5.70. The number of hydrogen-bond acceptors (Lipinski definition) is 3. The van der Waals surface area contributed by atoms with Crippen LogP contribution in [0.15, 0.2) is 24.3 Å². The largest absolute Gasteiger partial charge is 0.444 e. The van der Waals surface area contributed by atoms with Gasteiger partial charge in [0.1, 0.15) is 13.4 Å². The van der Waals surface area contributed by atoms with Gasteiger partial charge in [0, 0.05) is 13.1 Å². The number of nitrogens with one attached hydrogen (secondary N) is 2. The van der Waals surface area contributed by atoms with E-state index in [0.717, 1.165) is 25.0 Å². The molecule has 0 unspecified atom stereocenters. The zero-order valence-corrected chi connectivity index (χ0v) is 12.5. The number of benzene rings is 1. The van der Waals surface area contributed by atoms with E-state index in [1.807, 2.05) is 45.0 Å². The van der Waals surface area contributed by atoms with Crippen molar-refractivity contribution in [3.8, 4) is 0 Å². The molecule has 5 heteroatoms. The zero-order valence-electron chi connectivity index (χ0n) is 12.5. The summed E-state index contributed by atoms with van der Waals surface area (Å²) in [7, 11) is 5.62. The van der Waals surface area contributed by atoms with Crippen LogP contribution < -0.4 is 16.1 Å². The fourth-order valence-corrected chi connectivity index (χ4v) is 1.59. The van der Waals surface area contributed by atoms with Gasteiger partial charge < -0.3 is 15.4 Å². The van der Waals surface area contributed by atoms with Gasteiger partial charge in [0.15, 0.2) is 0 Å². The molecule has 1 aromatic rings. The van der Waals surface area contributed by atoms with Crippen LogP contribution in [0.25, 0.3) is 0 Å². The molecule has 0 saturated carbocycles. The summed E-state index contributed by atoms with van der Waals surface area (Å²) in [6, 6.07) is 7.78. The zero-order chi connectivity index (χ0) is 15.0. The molecule has 1 amide bonds. The van der Waals surface area contributed by atoms with Crippen molar-refractivity contribution in [3.63, 3.8) is 0 Å². The minimum absolute atomic E-state index is 0.365. The fourth-order valence-electron chi connectivity index (χ4n) is 1.59. The first-order valence-corrected chi connectivity index (χ1v) is 6.89. The lowest BCUT2D eigenvalue weighted by Gasteiger charge is -2.19. The van der Waals surface area contributed by atoms with Crippen LogP contribution in [0.2, 0.25) is 0 Å². The third kappa shape index (κ3) is 7.84. The van der Waals surface area contributed by atoms with Crippen molar-refractivity contribution in [2.45, 2.75) is 39.3 Å². The molecule has 108 valence electrons.